The Bertz CT molecular complexity index is 356. The number of hydrogen-bond acceptors (Lipinski definition) is 3. The molecule has 0 saturated carbocycles. The number of hydrogen-bond donors (Lipinski definition) is 1. The van der Waals surface area contributed by atoms with Gasteiger partial charge in [0.1, 0.15) is 0 Å². The molecule has 0 heterocycles. The summed E-state index contributed by atoms with van der Waals surface area (Å²) < 4.78 is 4.61. The Kier molecular flexibility index (Phi) is 3.25. The number of rotatable bonds is 2. The van der Waals surface area contributed by atoms with Crippen LogP contribution < -0.4 is 0 Å². The Hall–Kier alpha value is -1.35. The van der Waals surface area contributed by atoms with Gasteiger partial charge in [-0.25, -0.2) is 4.79 Å². The number of aliphatic hydroxyl groups is 1. The van der Waals surface area contributed by atoms with E-state index in [1.54, 1.807) is 12.1 Å². The Morgan fingerprint density at radius 1 is 1.43 bits per heavy atom. The molecule has 1 N–H and O–H groups in total. The van der Waals surface area contributed by atoms with Crippen molar-refractivity contribution < 1.29 is 14.6 Å². The van der Waals surface area contributed by atoms with E-state index >= 15 is 0 Å². The maximum atomic E-state index is 11.2. The van der Waals surface area contributed by atoms with Crippen molar-refractivity contribution in [1.29, 1.82) is 0 Å². The van der Waals surface area contributed by atoms with Crippen molar-refractivity contribution in [2.45, 2.75) is 20.5 Å². The first-order valence-corrected chi connectivity index (χ1v) is 4.39. The summed E-state index contributed by atoms with van der Waals surface area (Å²) in [5.41, 5.74) is 3.25. The third-order valence-corrected chi connectivity index (χ3v) is 2.37. The van der Waals surface area contributed by atoms with E-state index in [9.17, 15) is 4.79 Å². The van der Waals surface area contributed by atoms with Gasteiger partial charge in [-0.15, -0.1) is 0 Å². The monoisotopic (exact) mass is 194 g/mol. The Morgan fingerprint density at radius 2 is 2.07 bits per heavy atom. The van der Waals surface area contributed by atoms with Gasteiger partial charge in [-0.1, -0.05) is 0 Å². The lowest BCUT2D eigenvalue weighted by Gasteiger charge is -2.08. The molecule has 3 nitrogen and oxygen atoms in total. The number of aliphatic hydroxyl groups excluding tert-OH is 1. The van der Waals surface area contributed by atoms with Gasteiger partial charge in [0.05, 0.1) is 19.3 Å². The molecule has 0 fully saturated rings. The minimum absolute atomic E-state index is 0.0580. The van der Waals surface area contributed by atoms with E-state index in [0.29, 0.717) is 5.56 Å². The van der Waals surface area contributed by atoms with E-state index in [0.717, 1.165) is 16.7 Å². The molecule has 1 rings (SSSR count). The standard InChI is InChI=1S/C11H14O3/c1-7-4-9(11(13)14-3)5-10(6-12)8(7)2/h4-5,12H,6H2,1-3H3. The molecule has 76 valence electrons. The lowest BCUT2D eigenvalue weighted by Crippen LogP contribution is -2.04. The van der Waals surface area contributed by atoms with Crippen LogP contribution in [0, 0.1) is 13.8 Å². The Labute approximate surface area is 83.3 Å². The maximum absolute atomic E-state index is 11.2. The minimum atomic E-state index is -0.372. The van der Waals surface area contributed by atoms with E-state index in [4.69, 9.17) is 5.11 Å². The Balaban J connectivity index is 3.22. The molecule has 0 bridgehead atoms. The molecular weight excluding hydrogens is 180 g/mol. The van der Waals surface area contributed by atoms with Crippen LogP contribution in [0.2, 0.25) is 0 Å². The lowest BCUT2D eigenvalue weighted by atomic mass is 10.00. The Morgan fingerprint density at radius 3 is 2.57 bits per heavy atom. The van der Waals surface area contributed by atoms with Crippen molar-refractivity contribution in [1.82, 2.24) is 0 Å². The third-order valence-electron chi connectivity index (χ3n) is 2.37. The van der Waals surface area contributed by atoms with Gasteiger partial charge in [0, 0.05) is 0 Å². The molecule has 0 unspecified atom stereocenters. The highest BCUT2D eigenvalue weighted by molar-refractivity contribution is 5.89. The first kappa shape index (κ1) is 10.7. The summed E-state index contributed by atoms with van der Waals surface area (Å²) in [6.45, 7) is 3.76. The van der Waals surface area contributed by atoms with Crippen LogP contribution >= 0.6 is 0 Å². The van der Waals surface area contributed by atoms with Gasteiger partial charge in [0.15, 0.2) is 0 Å². The normalized spacial score (nSPS) is 10.0. The highest BCUT2D eigenvalue weighted by atomic mass is 16.5. The first-order valence-electron chi connectivity index (χ1n) is 4.39. The molecule has 1 aromatic rings. The molecule has 0 spiro atoms. The van der Waals surface area contributed by atoms with Crippen molar-refractivity contribution in [3.63, 3.8) is 0 Å². The lowest BCUT2D eigenvalue weighted by molar-refractivity contribution is 0.0600. The number of aryl methyl sites for hydroxylation is 1. The average molecular weight is 194 g/mol. The fourth-order valence-corrected chi connectivity index (χ4v) is 1.33. The van der Waals surface area contributed by atoms with Crippen LogP contribution in [0.25, 0.3) is 0 Å². The molecule has 3 heteroatoms. The fourth-order valence-electron chi connectivity index (χ4n) is 1.33. The maximum Gasteiger partial charge on any atom is 0.337 e. The second-order valence-electron chi connectivity index (χ2n) is 3.23. The van der Waals surface area contributed by atoms with E-state index in [1.807, 2.05) is 13.8 Å². The van der Waals surface area contributed by atoms with E-state index in [-0.39, 0.29) is 12.6 Å². The highest BCUT2D eigenvalue weighted by Gasteiger charge is 2.09. The van der Waals surface area contributed by atoms with Crippen LogP contribution in [0.5, 0.6) is 0 Å². The summed E-state index contributed by atoms with van der Waals surface area (Å²) in [4.78, 5) is 11.2. The summed E-state index contributed by atoms with van der Waals surface area (Å²) in [5.74, 6) is -0.372. The quantitative estimate of drug-likeness (QED) is 0.727. The topological polar surface area (TPSA) is 46.5 Å². The van der Waals surface area contributed by atoms with Crippen LogP contribution in [0.4, 0.5) is 0 Å². The van der Waals surface area contributed by atoms with Gasteiger partial charge in [0.2, 0.25) is 0 Å². The average Bonchev–Trinajstić information content (AvgIpc) is 2.20. The first-order chi connectivity index (χ1) is 6.60. The zero-order valence-corrected chi connectivity index (χ0v) is 8.63. The molecular formula is C11H14O3. The molecule has 0 aliphatic heterocycles. The van der Waals surface area contributed by atoms with Crippen molar-refractivity contribution >= 4 is 5.97 Å². The van der Waals surface area contributed by atoms with Crippen LogP contribution in [-0.2, 0) is 11.3 Å². The third kappa shape index (κ3) is 1.93. The van der Waals surface area contributed by atoms with Crippen LogP contribution in [0.3, 0.4) is 0 Å². The van der Waals surface area contributed by atoms with Crippen LogP contribution in [-0.4, -0.2) is 18.2 Å². The predicted octanol–water partition coefficient (Wildman–Crippen LogP) is 1.58. The molecule has 0 saturated heterocycles. The molecule has 14 heavy (non-hydrogen) atoms. The molecule has 0 aliphatic rings. The van der Waals surface area contributed by atoms with Gasteiger partial charge in [0.25, 0.3) is 0 Å². The summed E-state index contributed by atoms with van der Waals surface area (Å²) in [6.07, 6.45) is 0. The van der Waals surface area contributed by atoms with Crippen molar-refractivity contribution in [2.24, 2.45) is 0 Å². The minimum Gasteiger partial charge on any atom is -0.465 e. The predicted molar refractivity (Wildman–Crippen MR) is 53.2 cm³/mol. The van der Waals surface area contributed by atoms with E-state index in [2.05, 4.69) is 4.74 Å². The van der Waals surface area contributed by atoms with Gasteiger partial charge in [-0.05, 0) is 42.7 Å². The van der Waals surface area contributed by atoms with Crippen molar-refractivity contribution in [2.75, 3.05) is 7.11 Å². The molecule has 0 amide bonds. The summed E-state index contributed by atoms with van der Waals surface area (Å²) >= 11 is 0. The summed E-state index contributed by atoms with van der Waals surface area (Å²) in [6, 6.07) is 3.43. The second-order valence-corrected chi connectivity index (χ2v) is 3.23. The number of benzene rings is 1. The molecule has 1 aromatic carbocycles. The van der Waals surface area contributed by atoms with Crippen molar-refractivity contribution in [3.8, 4) is 0 Å². The van der Waals surface area contributed by atoms with Crippen molar-refractivity contribution in [3.05, 3.63) is 34.4 Å². The van der Waals surface area contributed by atoms with Crippen LogP contribution in [0.1, 0.15) is 27.0 Å². The second kappa shape index (κ2) is 4.24. The fraction of sp³-hybridized carbons (Fsp3) is 0.364. The van der Waals surface area contributed by atoms with Gasteiger partial charge < -0.3 is 9.84 Å². The zero-order chi connectivity index (χ0) is 10.7. The number of esters is 1. The number of carbonyl (C=O) groups excluding carboxylic acids is 1. The molecule has 0 aliphatic carbocycles. The summed E-state index contributed by atoms with van der Waals surface area (Å²) in [7, 11) is 1.34. The zero-order valence-electron chi connectivity index (χ0n) is 8.63. The molecule has 0 radical (unpaired) electrons. The molecule has 0 aromatic heterocycles. The smallest absolute Gasteiger partial charge is 0.337 e. The number of ether oxygens (including phenoxy) is 1. The highest BCUT2D eigenvalue weighted by Crippen LogP contribution is 2.16. The van der Waals surface area contributed by atoms with Gasteiger partial charge >= 0.3 is 5.97 Å². The van der Waals surface area contributed by atoms with Crippen LogP contribution in [0.15, 0.2) is 12.1 Å². The SMILES string of the molecule is COC(=O)c1cc(C)c(C)c(CO)c1. The van der Waals surface area contributed by atoms with E-state index in [1.165, 1.54) is 7.11 Å². The number of carbonyl (C=O) groups is 1. The molecule has 0 atom stereocenters. The largest absolute Gasteiger partial charge is 0.465 e. The summed E-state index contributed by atoms with van der Waals surface area (Å²) in [5, 5.41) is 9.07. The van der Waals surface area contributed by atoms with E-state index < -0.39 is 0 Å². The van der Waals surface area contributed by atoms with Gasteiger partial charge in [-0.3, -0.25) is 0 Å². The van der Waals surface area contributed by atoms with Gasteiger partial charge in [-0.2, -0.15) is 0 Å². The number of methoxy groups -OCH3 is 1.